The Labute approximate surface area is 169 Å². The number of imidazole rings is 1. The minimum atomic E-state index is -0.371. The molecular formula is C18H22BrN5O2S. The highest BCUT2D eigenvalue weighted by molar-refractivity contribution is 9.10. The van der Waals surface area contributed by atoms with Crippen molar-refractivity contribution in [3.63, 3.8) is 0 Å². The van der Waals surface area contributed by atoms with Gasteiger partial charge in [0.1, 0.15) is 0 Å². The van der Waals surface area contributed by atoms with E-state index in [-0.39, 0.29) is 11.2 Å². The predicted octanol–water partition coefficient (Wildman–Crippen LogP) is 1.90. The summed E-state index contributed by atoms with van der Waals surface area (Å²) in [5.41, 5.74) is 1.23. The van der Waals surface area contributed by atoms with E-state index in [4.69, 9.17) is 0 Å². The molecule has 0 spiro atoms. The molecule has 0 atom stereocenters. The van der Waals surface area contributed by atoms with Crippen LogP contribution in [0.15, 0.2) is 43.5 Å². The third-order valence-electron chi connectivity index (χ3n) is 4.31. The summed E-state index contributed by atoms with van der Waals surface area (Å²) >= 11 is 5.08. The molecule has 144 valence electrons. The van der Waals surface area contributed by atoms with Crippen molar-refractivity contribution in [2.24, 2.45) is 14.1 Å². The molecule has 0 saturated heterocycles. The molecule has 2 aromatic heterocycles. The maximum Gasteiger partial charge on any atom is 0.332 e. The number of fused-ring (bicyclic) bond motifs is 1. The number of hydrogen-bond donors (Lipinski definition) is 0. The van der Waals surface area contributed by atoms with Crippen molar-refractivity contribution in [1.82, 2.24) is 23.6 Å². The number of aromatic nitrogens is 4. The van der Waals surface area contributed by atoms with Gasteiger partial charge in [-0.1, -0.05) is 39.8 Å². The molecule has 0 radical (unpaired) electrons. The summed E-state index contributed by atoms with van der Waals surface area (Å²) < 4.78 is 5.46. The fourth-order valence-corrected chi connectivity index (χ4v) is 4.37. The lowest BCUT2D eigenvalue weighted by Crippen LogP contribution is -2.37. The smallest absolute Gasteiger partial charge is 0.309 e. The molecule has 3 rings (SSSR count). The summed E-state index contributed by atoms with van der Waals surface area (Å²) in [6.45, 7) is 1.40. The normalized spacial score (nSPS) is 11.6. The number of rotatable bonds is 6. The van der Waals surface area contributed by atoms with E-state index in [1.807, 2.05) is 42.9 Å². The van der Waals surface area contributed by atoms with Gasteiger partial charge in [0.2, 0.25) is 0 Å². The largest absolute Gasteiger partial charge is 0.332 e. The number of halogens is 1. The quantitative estimate of drug-likeness (QED) is 0.535. The minimum Gasteiger partial charge on any atom is -0.309 e. The van der Waals surface area contributed by atoms with Crippen LogP contribution >= 0.6 is 27.7 Å². The summed E-state index contributed by atoms with van der Waals surface area (Å²) in [4.78, 5) is 31.9. The molecule has 0 aliphatic heterocycles. The first kappa shape index (κ1) is 19.9. The Hall–Kier alpha value is -1.84. The fraction of sp³-hybridized carbons (Fsp3) is 0.389. The van der Waals surface area contributed by atoms with Crippen LogP contribution in [0.25, 0.3) is 11.2 Å². The molecular weight excluding hydrogens is 430 g/mol. The Morgan fingerprint density at radius 3 is 2.59 bits per heavy atom. The molecule has 2 heterocycles. The minimum absolute atomic E-state index is 0.324. The first-order valence-corrected chi connectivity index (χ1v) is 10.3. The van der Waals surface area contributed by atoms with Crippen LogP contribution in [-0.2, 0) is 20.6 Å². The van der Waals surface area contributed by atoms with Crippen molar-refractivity contribution < 1.29 is 0 Å². The highest BCUT2D eigenvalue weighted by Gasteiger charge is 2.19. The van der Waals surface area contributed by atoms with Crippen LogP contribution in [0.3, 0.4) is 0 Å². The Kier molecular flexibility index (Phi) is 5.92. The molecule has 0 aliphatic rings. The van der Waals surface area contributed by atoms with Gasteiger partial charge < -0.3 is 9.47 Å². The summed E-state index contributed by atoms with van der Waals surface area (Å²) in [5, 5.41) is 0.741. The van der Waals surface area contributed by atoms with Crippen molar-refractivity contribution in [3.8, 4) is 0 Å². The van der Waals surface area contributed by atoms with E-state index in [1.54, 1.807) is 18.8 Å². The molecule has 0 fully saturated rings. The van der Waals surface area contributed by atoms with Gasteiger partial charge in [-0.25, -0.2) is 9.78 Å². The van der Waals surface area contributed by atoms with E-state index in [0.717, 1.165) is 32.1 Å². The highest BCUT2D eigenvalue weighted by atomic mass is 79.9. The molecule has 7 nitrogen and oxygen atoms in total. The zero-order valence-electron chi connectivity index (χ0n) is 15.8. The molecule has 0 unspecified atom stereocenters. The number of thioether (sulfide) groups is 1. The van der Waals surface area contributed by atoms with E-state index in [1.165, 1.54) is 11.6 Å². The van der Waals surface area contributed by atoms with Crippen LogP contribution in [0.5, 0.6) is 0 Å². The zero-order chi connectivity index (χ0) is 19.7. The fourth-order valence-electron chi connectivity index (χ4n) is 2.82. The topological polar surface area (TPSA) is 65.1 Å². The third-order valence-corrected chi connectivity index (χ3v) is 5.76. The Bertz CT molecular complexity index is 1100. The van der Waals surface area contributed by atoms with E-state index in [0.29, 0.717) is 17.7 Å². The van der Waals surface area contributed by atoms with Crippen LogP contribution in [0, 0.1) is 0 Å². The maximum absolute atomic E-state index is 12.8. The lowest BCUT2D eigenvalue weighted by atomic mass is 10.2. The molecule has 0 bridgehead atoms. The summed E-state index contributed by atoms with van der Waals surface area (Å²) in [7, 11) is 7.18. The van der Waals surface area contributed by atoms with E-state index < -0.39 is 0 Å². The highest BCUT2D eigenvalue weighted by Crippen LogP contribution is 2.23. The average Bonchev–Trinajstić information content (AvgIpc) is 2.96. The second-order valence-corrected chi connectivity index (χ2v) is 8.62. The van der Waals surface area contributed by atoms with Gasteiger partial charge in [0, 0.05) is 30.9 Å². The number of aryl methyl sites for hydroxylation is 1. The van der Waals surface area contributed by atoms with Gasteiger partial charge in [0.25, 0.3) is 5.56 Å². The van der Waals surface area contributed by atoms with Gasteiger partial charge in [-0.2, -0.15) is 0 Å². The van der Waals surface area contributed by atoms with Crippen molar-refractivity contribution in [1.29, 1.82) is 0 Å². The standard InChI is InChI=1S/C18H22BrN5O2S/c1-21(2)8-9-27-17-20-15-14(16(25)23(4)18(26)22(15)3)24(17)11-12-6-5-7-13(19)10-12/h5-7,10H,8-9,11H2,1-4H3. The van der Waals surface area contributed by atoms with E-state index in [2.05, 4.69) is 25.8 Å². The lowest BCUT2D eigenvalue weighted by Gasteiger charge is -2.11. The van der Waals surface area contributed by atoms with Crippen molar-refractivity contribution in [2.75, 3.05) is 26.4 Å². The molecule has 3 aromatic rings. The van der Waals surface area contributed by atoms with Crippen LogP contribution in [-0.4, -0.2) is 50.0 Å². The van der Waals surface area contributed by atoms with Gasteiger partial charge in [0.05, 0.1) is 6.54 Å². The third kappa shape index (κ3) is 4.04. The monoisotopic (exact) mass is 451 g/mol. The van der Waals surface area contributed by atoms with Gasteiger partial charge >= 0.3 is 5.69 Å². The molecule has 1 aromatic carbocycles. The van der Waals surface area contributed by atoms with Gasteiger partial charge in [0.15, 0.2) is 16.3 Å². The van der Waals surface area contributed by atoms with Crippen LogP contribution in [0.2, 0.25) is 0 Å². The first-order valence-electron chi connectivity index (χ1n) is 8.48. The Balaban J connectivity index is 2.17. The average molecular weight is 452 g/mol. The van der Waals surface area contributed by atoms with E-state index in [9.17, 15) is 9.59 Å². The van der Waals surface area contributed by atoms with Crippen LogP contribution in [0.4, 0.5) is 0 Å². The second-order valence-electron chi connectivity index (χ2n) is 6.64. The molecule has 9 heteroatoms. The molecule has 0 aliphatic carbocycles. The lowest BCUT2D eigenvalue weighted by molar-refractivity contribution is 0.437. The van der Waals surface area contributed by atoms with Gasteiger partial charge in [-0.05, 0) is 31.8 Å². The number of hydrogen-bond acceptors (Lipinski definition) is 5. The van der Waals surface area contributed by atoms with Crippen LogP contribution in [0.1, 0.15) is 5.56 Å². The Morgan fingerprint density at radius 1 is 1.19 bits per heavy atom. The van der Waals surface area contributed by atoms with Crippen molar-refractivity contribution in [2.45, 2.75) is 11.7 Å². The number of nitrogens with zero attached hydrogens (tertiary/aromatic N) is 5. The van der Waals surface area contributed by atoms with Gasteiger partial charge in [-0.3, -0.25) is 13.9 Å². The second kappa shape index (κ2) is 8.04. The first-order chi connectivity index (χ1) is 12.8. The summed E-state index contributed by atoms with van der Waals surface area (Å²) in [6.07, 6.45) is 0. The Morgan fingerprint density at radius 2 is 1.93 bits per heavy atom. The molecule has 0 saturated carbocycles. The summed E-state index contributed by atoms with van der Waals surface area (Å²) in [5.74, 6) is 0.836. The maximum atomic E-state index is 12.8. The summed E-state index contributed by atoms with van der Waals surface area (Å²) in [6, 6.07) is 7.96. The molecule has 27 heavy (non-hydrogen) atoms. The van der Waals surface area contributed by atoms with Crippen LogP contribution < -0.4 is 11.2 Å². The van der Waals surface area contributed by atoms with Crippen molar-refractivity contribution >= 4 is 38.9 Å². The SMILES string of the molecule is CN(C)CCSc1nc2c(c(=O)n(C)c(=O)n2C)n1Cc1cccc(Br)c1. The molecule has 0 N–H and O–H groups in total. The number of benzene rings is 1. The molecule has 0 amide bonds. The van der Waals surface area contributed by atoms with Gasteiger partial charge in [-0.15, -0.1) is 0 Å². The zero-order valence-corrected chi connectivity index (χ0v) is 18.2. The predicted molar refractivity (Wildman–Crippen MR) is 113 cm³/mol. The van der Waals surface area contributed by atoms with Crippen molar-refractivity contribution in [3.05, 3.63) is 55.1 Å². The van der Waals surface area contributed by atoms with E-state index >= 15 is 0 Å².